The Morgan fingerprint density at radius 3 is 2.31 bits per heavy atom. The second kappa shape index (κ2) is 6.16. The van der Waals surface area contributed by atoms with E-state index < -0.39 is 11.4 Å². The van der Waals surface area contributed by atoms with Gasteiger partial charge < -0.3 is 5.11 Å². The monoisotopic (exact) mass is 366 g/mol. The molecule has 1 aliphatic rings. The molecular formula is C18H11FN4O2S. The summed E-state index contributed by atoms with van der Waals surface area (Å²) in [6.45, 7) is 0. The maximum atomic E-state index is 13.2. The summed E-state index contributed by atoms with van der Waals surface area (Å²) in [6.07, 6.45) is 1.38. The van der Waals surface area contributed by atoms with Crippen LogP contribution in [0.3, 0.4) is 0 Å². The van der Waals surface area contributed by atoms with Gasteiger partial charge >= 0.3 is 0 Å². The van der Waals surface area contributed by atoms with E-state index in [1.807, 2.05) is 12.1 Å². The molecule has 2 aromatic carbocycles. The maximum Gasteiger partial charge on any atom is 0.262 e. The standard InChI is InChI=1S/C18H11FN4O2S/c19-10-5-7-11(8-6-10)23-17(25)12(16(24)22-18(23)26)9-15-20-13-3-1-2-4-14(13)21-15/h1-9,25H,(H,22,24,26). The molecule has 4 rings (SSSR count). The molecule has 0 saturated carbocycles. The van der Waals surface area contributed by atoms with E-state index in [0.29, 0.717) is 16.4 Å². The third-order valence-corrected chi connectivity index (χ3v) is 4.12. The molecule has 0 fully saturated rings. The van der Waals surface area contributed by atoms with Crippen molar-refractivity contribution in [3.63, 3.8) is 0 Å². The molecule has 0 aliphatic carbocycles. The van der Waals surface area contributed by atoms with E-state index in [1.54, 1.807) is 12.1 Å². The predicted molar refractivity (Wildman–Crippen MR) is 95.6 cm³/mol. The van der Waals surface area contributed by atoms with Crippen molar-refractivity contribution < 1.29 is 9.50 Å². The minimum absolute atomic E-state index is 0.00940. The largest absolute Gasteiger partial charge is 0.494 e. The lowest BCUT2D eigenvalue weighted by atomic mass is 10.2. The average Bonchev–Trinajstić information content (AvgIpc) is 3.03. The highest BCUT2D eigenvalue weighted by atomic mass is 32.1. The van der Waals surface area contributed by atoms with Crippen LogP contribution in [0.15, 0.2) is 69.1 Å². The maximum absolute atomic E-state index is 13.2. The van der Waals surface area contributed by atoms with E-state index in [-0.39, 0.29) is 22.0 Å². The molecule has 128 valence electrons. The molecule has 3 aromatic rings. The van der Waals surface area contributed by atoms with E-state index in [9.17, 15) is 14.3 Å². The van der Waals surface area contributed by atoms with Crippen LogP contribution < -0.4 is 16.3 Å². The van der Waals surface area contributed by atoms with Gasteiger partial charge in [0.05, 0.1) is 16.4 Å². The number of benzene rings is 2. The van der Waals surface area contributed by atoms with Crippen molar-refractivity contribution in [2.24, 2.45) is 9.98 Å². The summed E-state index contributed by atoms with van der Waals surface area (Å²) in [5.41, 5.74) is -0.202. The lowest BCUT2D eigenvalue weighted by Crippen LogP contribution is -2.19. The van der Waals surface area contributed by atoms with Gasteiger partial charge in [-0.15, -0.1) is 0 Å². The van der Waals surface area contributed by atoms with Gasteiger partial charge in [0.25, 0.3) is 5.56 Å². The summed E-state index contributed by atoms with van der Waals surface area (Å²) >= 11 is 5.13. The smallest absolute Gasteiger partial charge is 0.262 e. The van der Waals surface area contributed by atoms with Crippen LogP contribution in [-0.4, -0.2) is 14.7 Å². The van der Waals surface area contributed by atoms with E-state index in [4.69, 9.17) is 12.2 Å². The van der Waals surface area contributed by atoms with Crippen molar-refractivity contribution >= 4 is 18.3 Å². The Bertz CT molecular complexity index is 1250. The molecule has 0 saturated heterocycles. The first-order valence-corrected chi connectivity index (χ1v) is 8.02. The van der Waals surface area contributed by atoms with E-state index >= 15 is 0 Å². The van der Waals surface area contributed by atoms with Crippen molar-refractivity contribution in [3.8, 4) is 11.6 Å². The zero-order valence-corrected chi connectivity index (χ0v) is 14.0. The van der Waals surface area contributed by atoms with Crippen molar-refractivity contribution in [2.75, 3.05) is 0 Å². The van der Waals surface area contributed by atoms with Crippen LogP contribution in [0.4, 0.5) is 4.39 Å². The number of fused-ring (bicyclic) bond motifs is 1. The Kier molecular flexibility index (Phi) is 3.81. The average molecular weight is 366 g/mol. The van der Waals surface area contributed by atoms with Crippen LogP contribution in [-0.2, 0) is 0 Å². The fourth-order valence-electron chi connectivity index (χ4n) is 2.62. The van der Waals surface area contributed by atoms with Crippen molar-refractivity contribution in [2.45, 2.75) is 0 Å². The van der Waals surface area contributed by atoms with Gasteiger partial charge in [-0.1, -0.05) is 12.1 Å². The molecule has 26 heavy (non-hydrogen) atoms. The molecule has 0 radical (unpaired) electrons. The van der Waals surface area contributed by atoms with Gasteiger partial charge in [0, 0.05) is 6.08 Å². The Morgan fingerprint density at radius 2 is 1.69 bits per heavy atom. The number of H-pyrrole nitrogens is 1. The minimum Gasteiger partial charge on any atom is -0.494 e. The summed E-state index contributed by atoms with van der Waals surface area (Å²) < 4.78 is 14.4. The molecule has 6 nitrogen and oxygen atoms in total. The summed E-state index contributed by atoms with van der Waals surface area (Å²) in [5, 5.41) is 12.0. The third kappa shape index (κ3) is 2.76. The Hall–Kier alpha value is -3.39. The van der Waals surface area contributed by atoms with Gasteiger partial charge in [0.1, 0.15) is 11.4 Å². The SMILES string of the molecule is O=c1[nH]c(=S)n(-c2ccc(F)cc2)c(O)c1C=C1N=c2ccccc2=N1. The molecule has 0 amide bonds. The topological polar surface area (TPSA) is 82.7 Å². The molecule has 2 N–H and O–H groups in total. The van der Waals surface area contributed by atoms with Crippen LogP contribution in [0.1, 0.15) is 5.56 Å². The highest BCUT2D eigenvalue weighted by Crippen LogP contribution is 2.22. The van der Waals surface area contributed by atoms with Crippen LogP contribution >= 0.6 is 12.2 Å². The van der Waals surface area contributed by atoms with E-state index in [0.717, 1.165) is 0 Å². The van der Waals surface area contributed by atoms with E-state index in [2.05, 4.69) is 15.0 Å². The van der Waals surface area contributed by atoms with Crippen LogP contribution in [0.25, 0.3) is 11.8 Å². The number of aromatic nitrogens is 2. The quantitative estimate of drug-likeness (QED) is 0.681. The molecule has 0 atom stereocenters. The molecule has 8 heteroatoms. The summed E-state index contributed by atoms with van der Waals surface area (Å²) in [6, 6.07) is 12.6. The lowest BCUT2D eigenvalue weighted by Gasteiger charge is -2.11. The van der Waals surface area contributed by atoms with Gasteiger partial charge in [0.2, 0.25) is 5.88 Å². The predicted octanol–water partition coefficient (Wildman–Crippen LogP) is 1.99. The summed E-state index contributed by atoms with van der Waals surface area (Å²) in [7, 11) is 0. The fourth-order valence-corrected chi connectivity index (χ4v) is 2.90. The van der Waals surface area contributed by atoms with Gasteiger partial charge in [-0.2, -0.15) is 0 Å². The highest BCUT2D eigenvalue weighted by molar-refractivity contribution is 7.71. The normalized spacial score (nSPS) is 12.3. The molecule has 0 unspecified atom stereocenters. The van der Waals surface area contributed by atoms with Crippen molar-refractivity contribution in [3.05, 3.63) is 91.6 Å². The molecular weight excluding hydrogens is 355 g/mol. The minimum atomic E-state index is -0.570. The number of hydrogen-bond acceptors (Lipinski definition) is 5. The number of nitrogens with zero attached hydrogens (tertiary/aromatic N) is 3. The number of halogens is 1. The van der Waals surface area contributed by atoms with Gasteiger partial charge in [-0.25, -0.2) is 14.4 Å². The molecule has 2 heterocycles. The highest BCUT2D eigenvalue weighted by Gasteiger charge is 2.14. The first-order valence-electron chi connectivity index (χ1n) is 7.61. The number of aromatic amines is 1. The fraction of sp³-hybridized carbons (Fsp3) is 0. The zero-order valence-electron chi connectivity index (χ0n) is 13.2. The number of hydrogen-bond donors (Lipinski definition) is 2. The van der Waals surface area contributed by atoms with Crippen LogP contribution in [0.2, 0.25) is 0 Å². The lowest BCUT2D eigenvalue weighted by molar-refractivity contribution is 0.432. The van der Waals surface area contributed by atoms with Crippen LogP contribution in [0.5, 0.6) is 5.88 Å². The Balaban J connectivity index is 1.91. The molecule has 1 aromatic heterocycles. The molecule has 0 bridgehead atoms. The summed E-state index contributed by atoms with van der Waals surface area (Å²) in [4.78, 5) is 23.4. The number of rotatable bonds is 2. The van der Waals surface area contributed by atoms with E-state index in [1.165, 1.54) is 34.9 Å². The first kappa shape index (κ1) is 16.1. The zero-order chi connectivity index (χ0) is 18.3. The van der Waals surface area contributed by atoms with Gasteiger partial charge in [-0.3, -0.25) is 14.3 Å². The van der Waals surface area contributed by atoms with Gasteiger partial charge in [0.15, 0.2) is 10.6 Å². The Labute approximate surface area is 151 Å². The Morgan fingerprint density at radius 1 is 1.08 bits per heavy atom. The van der Waals surface area contributed by atoms with Gasteiger partial charge in [-0.05, 0) is 48.6 Å². The van der Waals surface area contributed by atoms with Crippen molar-refractivity contribution in [1.82, 2.24) is 9.55 Å². The first-order chi connectivity index (χ1) is 12.5. The third-order valence-electron chi connectivity index (χ3n) is 3.83. The number of nitrogens with one attached hydrogen (secondary N) is 1. The number of aromatic hydroxyl groups is 1. The number of para-hydroxylation sites is 2. The van der Waals surface area contributed by atoms with Crippen molar-refractivity contribution in [1.29, 1.82) is 0 Å². The second-order valence-corrected chi connectivity index (χ2v) is 5.91. The summed E-state index contributed by atoms with van der Waals surface area (Å²) in [5.74, 6) is -0.512. The molecule has 0 spiro atoms. The van der Waals surface area contributed by atoms with Crippen LogP contribution in [0, 0.1) is 10.6 Å². The second-order valence-electron chi connectivity index (χ2n) is 5.52. The molecule has 1 aliphatic heterocycles.